The van der Waals surface area contributed by atoms with Crippen LogP contribution in [0.15, 0.2) is 48.5 Å². The summed E-state index contributed by atoms with van der Waals surface area (Å²) in [7, 11) is 1.35. The number of carbonyl (C=O) groups is 1. The first kappa shape index (κ1) is 13.9. The standard InChI is InChI=1S/C17H16O3/c1-12-11-15(18)8-9-16(12)14-6-3-13(4-7-14)5-10-17(19)20-2/h3-11,18H,1-2H3. The monoisotopic (exact) mass is 268 g/mol. The van der Waals surface area contributed by atoms with Gasteiger partial charge in [-0.2, -0.15) is 0 Å². The lowest BCUT2D eigenvalue weighted by atomic mass is 9.99. The van der Waals surface area contributed by atoms with Gasteiger partial charge in [0.1, 0.15) is 5.75 Å². The number of esters is 1. The van der Waals surface area contributed by atoms with Crippen LogP contribution in [0.3, 0.4) is 0 Å². The number of aryl methyl sites for hydroxylation is 1. The van der Waals surface area contributed by atoms with E-state index in [4.69, 9.17) is 0 Å². The number of phenolic OH excluding ortho intramolecular Hbond substituents is 1. The maximum absolute atomic E-state index is 11.0. The Kier molecular flexibility index (Phi) is 4.20. The van der Waals surface area contributed by atoms with Gasteiger partial charge in [-0.25, -0.2) is 4.79 Å². The van der Waals surface area contributed by atoms with Gasteiger partial charge in [0.25, 0.3) is 0 Å². The van der Waals surface area contributed by atoms with Gasteiger partial charge < -0.3 is 9.84 Å². The van der Waals surface area contributed by atoms with Gasteiger partial charge in [-0.3, -0.25) is 0 Å². The molecule has 0 atom stereocenters. The van der Waals surface area contributed by atoms with Gasteiger partial charge in [-0.15, -0.1) is 0 Å². The summed E-state index contributed by atoms with van der Waals surface area (Å²) in [5.41, 5.74) is 4.09. The van der Waals surface area contributed by atoms with Crippen molar-refractivity contribution in [2.45, 2.75) is 6.92 Å². The Morgan fingerprint density at radius 3 is 2.45 bits per heavy atom. The van der Waals surface area contributed by atoms with Gasteiger partial charge in [0, 0.05) is 6.08 Å². The first-order chi connectivity index (χ1) is 9.60. The second-order valence-electron chi connectivity index (χ2n) is 4.48. The fourth-order valence-corrected chi connectivity index (χ4v) is 1.98. The molecule has 102 valence electrons. The number of aromatic hydroxyl groups is 1. The van der Waals surface area contributed by atoms with E-state index in [1.165, 1.54) is 13.2 Å². The van der Waals surface area contributed by atoms with Gasteiger partial charge in [0.15, 0.2) is 0 Å². The van der Waals surface area contributed by atoms with Crippen molar-refractivity contribution in [2.75, 3.05) is 7.11 Å². The molecule has 0 unspecified atom stereocenters. The van der Waals surface area contributed by atoms with E-state index in [2.05, 4.69) is 4.74 Å². The SMILES string of the molecule is COC(=O)C=Cc1ccc(-c2ccc(O)cc2C)cc1. The van der Waals surface area contributed by atoms with Gasteiger partial charge in [-0.05, 0) is 47.4 Å². The van der Waals surface area contributed by atoms with Gasteiger partial charge >= 0.3 is 5.97 Å². The third kappa shape index (κ3) is 3.26. The zero-order valence-electron chi connectivity index (χ0n) is 11.5. The van der Waals surface area contributed by atoms with Crippen LogP contribution in [0.1, 0.15) is 11.1 Å². The Hall–Kier alpha value is -2.55. The Balaban J connectivity index is 2.24. The molecule has 20 heavy (non-hydrogen) atoms. The summed E-state index contributed by atoms with van der Waals surface area (Å²) in [6.07, 6.45) is 3.10. The molecule has 0 amide bonds. The number of ether oxygens (including phenoxy) is 1. The number of hydrogen-bond acceptors (Lipinski definition) is 3. The number of rotatable bonds is 3. The van der Waals surface area contributed by atoms with Crippen molar-refractivity contribution in [3.63, 3.8) is 0 Å². The molecule has 0 radical (unpaired) electrons. The van der Waals surface area contributed by atoms with Gasteiger partial charge in [0.05, 0.1) is 7.11 Å². The van der Waals surface area contributed by atoms with Crippen LogP contribution in [-0.4, -0.2) is 18.2 Å². The van der Waals surface area contributed by atoms with Crippen LogP contribution < -0.4 is 0 Å². The molecule has 2 rings (SSSR count). The summed E-state index contributed by atoms with van der Waals surface area (Å²) in [5, 5.41) is 9.42. The van der Waals surface area contributed by atoms with Crippen LogP contribution in [0.5, 0.6) is 5.75 Å². The van der Waals surface area contributed by atoms with Crippen molar-refractivity contribution < 1.29 is 14.6 Å². The molecule has 0 aromatic heterocycles. The van der Waals surface area contributed by atoms with E-state index in [0.29, 0.717) is 0 Å². The second kappa shape index (κ2) is 6.06. The van der Waals surface area contributed by atoms with Crippen LogP contribution in [0, 0.1) is 6.92 Å². The molecule has 0 saturated heterocycles. The third-order valence-corrected chi connectivity index (χ3v) is 3.04. The minimum Gasteiger partial charge on any atom is -0.508 e. The molecule has 1 N–H and O–H groups in total. The van der Waals surface area contributed by atoms with E-state index in [1.807, 2.05) is 37.3 Å². The lowest BCUT2D eigenvalue weighted by Gasteiger charge is -2.07. The summed E-state index contributed by atoms with van der Waals surface area (Å²) >= 11 is 0. The van der Waals surface area contributed by atoms with E-state index in [9.17, 15) is 9.90 Å². The highest BCUT2D eigenvalue weighted by Crippen LogP contribution is 2.26. The Bertz CT molecular complexity index is 640. The quantitative estimate of drug-likeness (QED) is 0.684. The maximum Gasteiger partial charge on any atom is 0.330 e. The lowest BCUT2D eigenvalue weighted by Crippen LogP contribution is -1.93. The number of carbonyl (C=O) groups excluding carboxylic acids is 1. The van der Waals surface area contributed by atoms with Crippen LogP contribution in [0.4, 0.5) is 0 Å². The molecule has 2 aromatic rings. The number of phenols is 1. The highest BCUT2D eigenvalue weighted by atomic mass is 16.5. The van der Waals surface area contributed by atoms with Crippen molar-refractivity contribution in [3.05, 3.63) is 59.7 Å². The van der Waals surface area contributed by atoms with Crippen LogP contribution >= 0.6 is 0 Å². The van der Waals surface area contributed by atoms with Crippen LogP contribution in [0.25, 0.3) is 17.2 Å². The Morgan fingerprint density at radius 2 is 1.85 bits per heavy atom. The largest absolute Gasteiger partial charge is 0.508 e. The maximum atomic E-state index is 11.0. The zero-order valence-corrected chi connectivity index (χ0v) is 11.5. The van der Waals surface area contributed by atoms with E-state index in [-0.39, 0.29) is 11.7 Å². The Morgan fingerprint density at radius 1 is 1.15 bits per heavy atom. The van der Waals surface area contributed by atoms with E-state index in [0.717, 1.165) is 22.3 Å². The highest BCUT2D eigenvalue weighted by Gasteiger charge is 2.02. The molecule has 0 bridgehead atoms. The molecule has 3 nitrogen and oxygen atoms in total. The summed E-state index contributed by atoms with van der Waals surface area (Å²) in [6, 6.07) is 13.1. The third-order valence-electron chi connectivity index (χ3n) is 3.04. The molecule has 0 heterocycles. The van der Waals surface area contributed by atoms with Crippen LogP contribution in [0.2, 0.25) is 0 Å². The number of hydrogen-bond donors (Lipinski definition) is 1. The fraction of sp³-hybridized carbons (Fsp3) is 0.118. The normalized spacial score (nSPS) is 10.7. The van der Waals surface area contributed by atoms with Gasteiger partial charge in [-0.1, -0.05) is 30.3 Å². The summed E-state index contributed by atoms with van der Waals surface area (Å²) in [6.45, 7) is 1.96. The number of benzene rings is 2. The van der Waals surface area contributed by atoms with E-state index >= 15 is 0 Å². The summed E-state index contributed by atoms with van der Waals surface area (Å²) in [5.74, 6) is -0.104. The van der Waals surface area contributed by atoms with Crippen LogP contribution in [-0.2, 0) is 9.53 Å². The molecule has 0 saturated carbocycles. The topological polar surface area (TPSA) is 46.5 Å². The molecule has 0 fully saturated rings. The lowest BCUT2D eigenvalue weighted by molar-refractivity contribution is -0.134. The molecule has 2 aromatic carbocycles. The molecular weight excluding hydrogens is 252 g/mol. The summed E-state index contributed by atoms with van der Waals surface area (Å²) < 4.78 is 4.54. The smallest absolute Gasteiger partial charge is 0.330 e. The summed E-state index contributed by atoms with van der Waals surface area (Å²) in [4.78, 5) is 11.0. The predicted molar refractivity (Wildman–Crippen MR) is 79.3 cm³/mol. The molecule has 0 aliphatic rings. The first-order valence-corrected chi connectivity index (χ1v) is 6.26. The van der Waals surface area contributed by atoms with Crippen molar-refractivity contribution >= 4 is 12.0 Å². The molecule has 3 heteroatoms. The van der Waals surface area contributed by atoms with E-state index in [1.54, 1.807) is 18.2 Å². The second-order valence-corrected chi connectivity index (χ2v) is 4.48. The minimum atomic E-state index is -0.372. The minimum absolute atomic E-state index is 0.267. The molecule has 0 spiro atoms. The van der Waals surface area contributed by atoms with Crippen molar-refractivity contribution in [1.29, 1.82) is 0 Å². The average molecular weight is 268 g/mol. The predicted octanol–water partition coefficient (Wildman–Crippen LogP) is 3.55. The zero-order chi connectivity index (χ0) is 14.5. The molecular formula is C17H16O3. The Labute approximate surface area is 118 Å². The molecule has 0 aliphatic carbocycles. The van der Waals surface area contributed by atoms with Gasteiger partial charge in [0.2, 0.25) is 0 Å². The fourth-order valence-electron chi connectivity index (χ4n) is 1.98. The highest BCUT2D eigenvalue weighted by molar-refractivity contribution is 5.87. The average Bonchev–Trinajstić information content (AvgIpc) is 2.45. The number of methoxy groups -OCH3 is 1. The first-order valence-electron chi connectivity index (χ1n) is 6.26. The van der Waals surface area contributed by atoms with Crippen molar-refractivity contribution in [3.8, 4) is 16.9 Å². The van der Waals surface area contributed by atoms with E-state index < -0.39 is 0 Å². The van der Waals surface area contributed by atoms with Crippen molar-refractivity contribution in [1.82, 2.24) is 0 Å². The van der Waals surface area contributed by atoms with Crippen molar-refractivity contribution in [2.24, 2.45) is 0 Å². The molecule has 0 aliphatic heterocycles.